The SMILES string of the molecule is CCC(/C=C1/OC(=O)NC1=O)(CC)c1ccc(-c2ccc3c(c2)OC(C)(C)C=C3)[nH]c1=O. The van der Waals surface area contributed by atoms with E-state index < -0.39 is 23.0 Å². The Morgan fingerprint density at radius 3 is 2.44 bits per heavy atom. The molecular weight excluding hydrogens is 408 g/mol. The summed E-state index contributed by atoms with van der Waals surface area (Å²) < 4.78 is 11.0. The van der Waals surface area contributed by atoms with Crippen LogP contribution >= 0.6 is 0 Å². The van der Waals surface area contributed by atoms with Crippen LogP contribution in [0, 0.1) is 0 Å². The van der Waals surface area contributed by atoms with Gasteiger partial charge in [0.05, 0.1) is 0 Å². The van der Waals surface area contributed by atoms with E-state index in [2.05, 4.69) is 10.3 Å². The summed E-state index contributed by atoms with van der Waals surface area (Å²) in [6, 6.07) is 9.44. The lowest BCUT2D eigenvalue weighted by Crippen LogP contribution is -2.31. The first-order valence-corrected chi connectivity index (χ1v) is 10.7. The molecule has 166 valence electrons. The fraction of sp³-hybridized carbons (Fsp3) is 0.320. The van der Waals surface area contributed by atoms with Crippen LogP contribution in [0.2, 0.25) is 0 Å². The number of allylic oxidation sites excluding steroid dienone is 1. The maximum atomic E-state index is 13.2. The number of imide groups is 1. The van der Waals surface area contributed by atoms with Crippen molar-refractivity contribution in [1.29, 1.82) is 0 Å². The second-order valence-corrected chi connectivity index (χ2v) is 8.62. The molecule has 4 rings (SSSR count). The van der Waals surface area contributed by atoms with Crippen molar-refractivity contribution >= 4 is 18.1 Å². The fourth-order valence-corrected chi connectivity index (χ4v) is 4.15. The third-order valence-corrected chi connectivity index (χ3v) is 6.12. The second kappa shape index (κ2) is 7.82. The van der Waals surface area contributed by atoms with Gasteiger partial charge < -0.3 is 14.5 Å². The summed E-state index contributed by atoms with van der Waals surface area (Å²) in [5, 5.41) is 2.09. The Hall–Kier alpha value is -3.61. The molecule has 3 heterocycles. The molecule has 7 nitrogen and oxygen atoms in total. The van der Waals surface area contributed by atoms with Crippen LogP contribution in [0.4, 0.5) is 4.79 Å². The number of cyclic esters (lactones) is 1. The summed E-state index contributed by atoms with van der Waals surface area (Å²) in [5.74, 6) is 0.0835. The van der Waals surface area contributed by atoms with Crippen LogP contribution in [-0.2, 0) is 14.9 Å². The Bertz CT molecular complexity index is 1220. The van der Waals surface area contributed by atoms with E-state index in [4.69, 9.17) is 9.47 Å². The zero-order valence-electron chi connectivity index (χ0n) is 18.6. The van der Waals surface area contributed by atoms with Crippen molar-refractivity contribution in [2.75, 3.05) is 0 Å². The van der Waals surface area contributed by atoms with Gasteiger partial charge in [-0.15, -0.1) is 0 Å². The van der Waals surface area contributed by atoms with Crippen LogP contribution in [0.3, 0.4) is 0 Å². The van der Waals surface area contributed by atoms with E-state index >= 15 is 0 Å². The molecule has 2 aliphatic rings. The van der Waals surface area contributed by atoms with Gasteiger partial charge in [0.2, 0.25) is 0 Å². The summed E-state index contributed by atoms with van der Waals surface area (Å²) in [6.07, 6.45) is 5.92. The van der Waals surface area contributed by atoms with Crippen molar-refractivity contribution in [3.05, 3.63) is 69.7 Å². The van der Waals surface area contributed by atoms with E-state index in [-0.39, 0.29) is 11.3 Å². The Morgan fingerprint density at radius 1 is 1.06 bits per heavy atom. The lowest BCUT2D eigenvalue weighted by atomic mass is 9.75. The summed E-state index contributed by atoms with van der Waals surface area (Å²) in [7, 11) is 0. The first kappa shape index (κ1) is 21.6. The predicted octanol–water partition coefficient (Wildman–Crippen LogP) is 4.43. The highest BCUT2D eigenvalue weighted by Crippen LogP contribution is 2.36. The highest BCUT2D eigenvalue weighted by atomic mass is 16.6. The number of fused-ring (bicyclic) bond motifs is 1. The largest absolute Gasteiger partial charge is 0.483 e. The summed E-state index contributed by atoms with van der Waals surface area (Å²) in [6.45, 7) is 7.83. The van der Waals surface area contributed by atoms with Gasteiger partial charge in [-0.25, -0.2) is 4.79 Å². The molecular formula is C25H26N2O5. The maximum Gasteiger partial charge on any atom is 0.419 e. The lowest BCUT2D eigenvalue weighted by molar-refractivity contribution is -0.116. The topological polar surface area (TPSA) is 97.5 Å². The van der Waals surface area contributed by atoms with Gasteiger partial charge in [0.1, 0.15) is 11.4 Å². The molecule has 0 bridgehead atoms. The molecule has 0 saturated carbocycles. The molecule has 2 N–H and O–H groups in total. The number of carbonyl (C=O) groups excluding carboxylic acids is 2. The number of benzene rings is 1. The quantitative estimate of drug-likeness (QED) is 0.679. The summed E-state index contributed by atoms with van der Waals surface area (Å²) >= 11 is 0. The fourth-order valence-electron chi connectivity index (χ4n) is 4.15. The molecule has 1 aromatic heterocycles. The molecule has 32 heavy (non-hydrogen) atoms. The first-order valence-electron chi connectivity index (χ1n) is 10.7. The van der Waals surface area contributed by atoms with Crippen molar-refractivity contribution in [1.82, 2.24) is 10.3 Å². The number of aromatic amines is 1. The van der Waals surface area contributed by atoms with Crippen molar-refractivity contribution in [2.45, 2.75) is 51.6 Å². The molecule has 0 atom stereocenters. The minimum atomic E-state index is -0.806. The Kier molecular flexibility index (Phi) is 5.28. The molecule has 0 unspecified atom stereocenters. The first-order chi connectivity index (χ1) is 15.2. The van der Waals surface area contributed by atoms with Crippen LogP contribution in [0.15, 0.2) is 53.0 Å². The van der Waals surface area contributed by atoms with Gasteiger partial charge in [0.15, 0.2) is 5.76 Å². The zero-order valence-corrected chi connectivity index (χ0v) is 18.6. The molecule has 1 saturated heterocycles. The molecule has 1 fully saturated rings. The van der Waals surface area contributed by atoms with E-state index in [1.165, 1.54) is 0 Å². The number of alkyl carbamates (subject to hydrolysis) is 1. The number of nitrogens with one attached hydrogen (secondary N) is 2. The normalized spacial score (nSPS) is 18.2. The van der Waals surface area contributed by atoms with Crippen molar-refractivity contribution in [2.24, 2.45) is 0 Å². The molecule has 2 aromatic rings. The number of hydrogen-bond donors (Lipinski definition) is 2. The second-order valence-electron chi connectivity index (χ2n) is 8.62. The smallest absolute Gasteiger partial charge is 0.419 e. The third-order valence-electron chi connectivity index (χ3n) is 6.12. The number of hydrogen-bond acceptors (Lipinski definition) is 5. The van der Waals surface area contributed by atoms with Crippen LogP contribution in [-0.4, -0.2) is 22.6 Å². The summed E-state index contributed by atoms with van der Waals surface area (Å²) in [5.41, 5.74) is 1.58. The third kappa shape index (κ3) is 3.86. The van der Waals surface area contributed by atoms with E-state index in [1.54, 1.807) is 12.1 Å². The van der Waals surface area contributed by atoms with Gasteiger partial charge in [-0.3, -0.25) is 14.9 Å². The molecule has 7 heteroatoms. The van der Waals surface area contributed by atoms with Crippen LogP contribution in [0.1, 0.15) is 51.7 Å². The van der Waals surface area contributed by atoms with Gasteiger partial charge in [-0.2, -0.15) is 0 Å². The van der Waals surface area contributed by atoms with Crippen LogP contribution in [0.25, 0.3) is 17.3 Å². The maximum absolute atomic E-state index is 13.2. The average molecular weight is 434 g/mol. The summed E-state index contributed by atoms with van der Waals surface area (Å²) in [4.78, 5) is 39.5. The highest BCUT2D eigenvalue weighted by molar-refractivity contribution is 6.07. The van der Waals surface area contributed by atoms with Crippen LogP contribution in [0.5, 0.6) is 5.75 Å². The van der Waals surface area contributed by atoms with Crippen molar-refractivity contribution in [3.8, 4) is 17.0 Å². The number of carbonyl (C=O) groups is 2. The van der Waals surface area contributed by atoms with E-state index in [0.29, 0.717) is 24.1 Å². The van der Waals surface area contributed by atoms with Gasteiger partial charge in [-0.1, -0.05) is 38.1 Å². The molecule has 1 aromatic carbocycles. The molecule has 2 amide bonds. The predicted molar refractivity (Wildman–Crippen MR) is 121 cm³/mol. The number of H-pyrrole nitrogens is 1. The van der Waals surface area contributed by atoms with Gasteiger partial charge in [0.25, 0.3) is 11.5 Å². The lowest BCUT2D eigenvalue weighted by Gasteiger charge is -2.29. The van der Waals surface area contributed by atoms with Crippen molar-refractivity contribution in [3.63, 3.8) is 0 Å². The number of rotatable bonds is 5. The molecule has 0 radical (unpaired) electrons. The van der Waals surface area contributed by atoms with Gasteiger partial charge >= 0.3 is 6.09 Å². The van der Waals surface area contributed by atoms with E-state index in [0.717, 1.165) is 16.9 Å². The minimum absolute atomic E-state index is 0.0790. The Morgan fingerprint density at radius 2 is 1.81 bits per heavy atom. The molecule has 2 aliphatic heterocycles. The number of pyridine rings is 1. The highest BCUT2D eigenvalue weighted by Gasteiger charge is 2.35. The van der Waals surface area contributed by atoms with Gasteiger partial charge in [0, 0.05) is 27.8 Å². The standard InChI is InChI=1S/C25H26N2O5/c1-5-25(6-2,14-20-22(29)27-23(30)31-20)17-9-10-18(26-21(17)28)16-8-7-15-11-12-24(3,4)32-19(15)13-16/h7-14H,5-6H2,1-4H3,(H,26,28)(H,27,29,30)/b20-14+. The number of aromatic nitrogens is 1. The van der Waals surface area contributed by atoms with Gasteiger partial charge in [-0.05, 0) is 51.0 Å². The Balaban J connectivity index is 1.73. The monoisotopic (exact) mass is 434 g/mol. The number of ether oxygens (including phenoxy) is 2. The van der Waals surface area contributed by atoms with Crippen LogP contribution < -0.4 is 15.6 Å². The van der Waals surface area contributed by atoms with E-state index in [9.17, 15) is 14.4 Å². The number of amides is 2. The average Bonchev–Trinajstić information content (AvgIpc) is 3.07. The van der Waals surface area contributed by atoms with E-state index in [1.807, 2.05) is 64.1 Å². The van der Waals surface area contributed by atoms with Crippen molar-refractivity contribution < 1.29 is 19.1 Å². The zero-order chi connectivity index (χ0) is 23.1. The molecule has 0 spiro atoms. The molecule has 0 aliphatic carbocycles. The Labute approximate surface area is 186 Å². The minimum Gasteiger partial charge on any atom is -0.483 e.